The number of rotatable bonds is 4. The summed E-state index contributed by atoms with van der Waals surface area (Å²) in [4.78, 5) is 23.5. The molecule has 0 bridgehead atoms. The van der Waals surface area contributed by atoms with Crippen molar-refractivity contribution < 1.29 is 9.21 Å². The number of nitrogens with zero attached hydrogens (tertiary/aromatic N) is 1. The van der Waals surface area contributed by atoms with Crippen LogP contribution >= 0.6 is 15.9 Å². The molecule has 0 radical (unpaired) electrons. The van der Waals surface area contributed by atoms with Gasteiger partial charge in [0, 0.05) is 16.7 Å². The second kappa shape index (κ2) is 6.09. The Kier molecular flexibility index (Phi) is 4.44. The first-order valence-electron chi connectivity index (χ1n) is 6.17. The molecule has 0 spiro atoms. The van der Waals surface area contributed by atoms with Gasteiger partial charge in [-0.15, -0.1) is 0 Å². The van der Waals surface area contributed by atoms with Crippen molar-refractivity contribution in [1.82, 2.24) is 9.88 Å². The number of carbonyl (C=O) groups is 1. The van der Waals surface area contributed by atoms with Gasteiger partial charge in [-0.3, -0.25) is 9.59 Å². The maximum absolute atomic E-state index is 11.9. The predicted molar refractivity (Wildman–Crippen MR) is 78.4 cm³/mol. The molecule has 1 N–H and O–H groups in total. The standard InChI is InChI=1S/C14H15BrN2O3/c1-9-3-5-12(20-9)10(2)16-13(18)8-17-7-11(15)4-6-14(17)19/h3-7,10H,8H2,1-2H3,(H,16,18)/t10-/m0/s1. The number of hydrogen-bond acceptors (Lipinski definition) is 3. The molecular formula is C14H15BrN2O3. The molecule has 0 saturated carbocycles. The molecule has 0 aliphatic carbocycles. The molecule has 0 aliphatic rings. The summed E-state index contributed by atoms with van der Waals surface area (Å²) in [6.45, 7) is 3.65. The Bertz CT molecular complexity index is 675. The molecule has 2 heterocycles. The molecule has 1 amide bonds. The van der Waals surface area contributed by atoms with Crippen LogP contribution in [0.4, 0.5) is 0 Å². The number of carbonyl (C=O) groups excluding carboxylic acids is 1. The summed E-state index contributed by atoms with van der Waals surface area (Å²) in [5.41, 5.74) is -0.218. The Morgan fingerprint density at radius 3 is 2.80 bits per heavy atom. The van der Waals surface area contributed by atoms with Gasteiger partial charge in [0.2, 0.25) is 5.91 Å². The van der Waals surface area contributed by atoms with Gasteiger partial charge < -0.3 is 14.3 Å². The largest absolute Gasteiger partial charge is 0.464 e. The third kappa shape index (κ3) is 3.60. The van der Waals surface area contributed by atoms with Crippen molar-refractivity contribution in [3.05, 3.63) is 56.8 Å². The lowest BCUT2D eigenvalue weighted by atomic mass is 10.2. The lowest BCUT2D eigenvalue weighted by Crippen LogP contribution is -2.33. The topological polar surface area (TPSA) is 64.2 Å². The van der Waals surface area contributed by atoms with Gasteiger partial charge in [-0.1, -0.05) is 0 Å². The van der Waals surface area contributed by atoms with Crippen LogP contribution in [0.5, 0.6) is 0 Å². The molecule has 0 saturated heterocycles. The molecule has 2 aromatic rings. The SMILES string of the molecule is Cc1ccc([C@H](C)NC(=O)Cn2cc(Br)ccc2=O)o1. The smallest absolute Gasteiger partial charge is 0.251 e. The lowest BCUT2D eigenvalue weighted by Gasteiger charge is -2.12. The fraction of sp³-hybridized carbons (Fsp3) is 0.286. The number of nitrogens with one attached hydrogen (secondary N) is 1. The average molecular weight is 339 g/mol. The van der Waals surface area contributed by atoms with E-state index in [0.29, 0.717) is 5.76 Å². The first kappa shape index (κ1) is 14.6. The third-order valence-electron chi connectivity index (χ3n) is 2.83. The van der Waals surface area contributed by atoms with E-state index in [2.05, 4.69) is 21.2 Å². The van der Waals surface area contributed by atoms with Gasteiger partial charge in [0.05, 0.1) is 6.04 Å². The zero-order valence-corrected chi connectivity index (χ0v) is 12.8. The molecule has 1 atom stereocenters. The highest BCUT2D eigenvalue weighted by molar-refractivity contribution is 9.10. The second-order valence-electron chi connectivity index (χ2n) is 4.55. The highest BCUT2D eigenvalue weighted by atomic mass is 79.9. The fourth-order valence-electron chi connectivity index (χ4n) is 1.82. The predicted octanol–water partition coefficient (Wildman–Crippen LogP) is 2.39. The number of halogens is 1. The van der Waals surface area contributed by atoms with Crippen LogP contribution in [0.15, 0.2) is 44.1 Å². The van der Waals surface area contributed by atoms with Crippen molar-refractivity contribution in [3.63, 3.8) is 0 Å². The summed E-state index contributed by atoms with van der Waals surface area (Å²) >= 11 is 3.27. The highest BCUT2D eigenvalue weighted by Gasteiger charge is 2.13. The van der Waals surface area contributed by atoms with E-state index in [-0.39, 0.29) is 24.1 Å². The number of pyridine rings is 1. The second-order valence-corrected chi connectivity index (χ2v) is 5.47. The van der Waals surface area contributed by atoms with E-state index < -0.39 is 0 Å². The Morgan fingerprint density at radius 2 is 2.15 bits per heavy atom. The van der Waals surface area contributed by atoms with E-state index in [4.69, 9.17) is 4.42 Å². The molecule has 0 aliphatic heterocycles. The minimum Gasteiger partial charge on any atom is -0.464 e. The molecule has 0 aromatic carbocycles. The van der Waals surface area contributed by atoms with E-state index in [1.807, 2.05) is 26.0 Å². The van der Waals surface area contributed by atoms with Crippen molar-refractivity contribution in [2.24, 2.45) is 0 Å². The molecule has 2 rings (SSSR count). The van der Waals surface area contributed by atoms with Gasteiger partial charge in [0.25, 0.3) is 5.56 Å². The van der Waals surface area contributed by atoms with Crippen LogP contribution in [0.3, 0.4) is 0 Å². The Hall–Kier alpha value is -1.82. The van der Waals surface area contributed by atoms with Crippen molar-refractivity contribution in [2.45, 2.75) is 26.4 Å². The number of amides is 1. The lowest BCUT2D eigenvalue weighted by molar-refractivity contribution is -0.122. The summed E-state index contributed by atoms with van der Waals surface area (Å²) in [5.74, 6) is 1.24. The van der Waals surface area contributed by atoms with E-state index in [1.54, 1.807) is 12.3 Å². The Balaban J connectivity index is 2.02. The van der Waals surface area contributed by atoms with Gasteiger partial charge in [-0.05, 0) is 48.0 Å². The summed E-state index contributed by atoms with van der Waals surface area (Å²) in [5, 5.41) is 2.80. The minimum absolute atomic E-state index is 0.0255. The first-order valence-corrected chi connectivity index (χ1v) is 6.96. The molecule has 0 unspecified atom stereocenters. The maximum atomic E-state index is 11.9. The van der Waals surface area contributed by atoms with Crippen LogP contribution in [-0.4, -0.2) is 10.5 Å². The maximum Gasteiger partial charge on any atom is 0.251 e. The number of furan rings is 1. The molecule has 20 heavy (non-hydrogen) atoms. The number of aryl methyl sites for hydroxylation is 1. The van der Waals surface area contributed by atoms with Crippen LogP contribution in [-0.2, 0) is 11.3 Å². The van der Waals surface area contributed by atoms with Gasteiger partial charge >= 0.3 is 0 Å². The Morgan fingerprint density at radius 1 is 1.40 bits per heavy atom. The van der Waals surface area contributed by atoms with Gasteiger partial charge in [0.15, 0.2) is 0 Å². The van der Waals surface area contributed by atoms with Gasteiger partial charge in [-0.2, -0.15) is 0 Å². The fourth-order valence-corrected chi connectivity index (χ4v) is 2.20. The van der Waals surface area contributed by atoms with E-state index in [9.17, 15) is 9.59 Å². The van der Waals surface area contributed by atoms with Crippen molar-refractivity contribution >= 4 is 21.8 Å². The average Bonchev–Trinajstić information content (AvgIpc) is 2.80. The normalized spacial score (nSPS) is 12.2. The molecule has 2 aromatic heterocycles. The van der Waals surface area contributed by atoms with Crippen LogP contribution < -0.4 is 10.9 Å². The monoisotopic (exact) mass is 338 g/mol. The van der Waals surface area contributed by atoms with Crippen LogP contribution in [0.25, 0.3) is 0 Å². The number of aromatic nitrogens is 1. The van der Waals surface area contributed by atoms with Crippen LogP contribution in [0, 0.1) is 6.92 Å². The molecular weight excluding hydrogens is 324 g/mol. The van der Waals surface area contributed by atoms with E-state index in [0.717, 1.165) is 10.2 Å². The summed E-state index contributed by atoms with van der Waals surface area (Å²) < 4.78 is 7.54. The summed E-state index contributed by atoms with van der Waals surface area (Å²) in [6.07, 6.45) is 1.59. The van der Waals surface area contributed by atoms with Gasteiger partial charge in [-0.25, -0.2) is 0 Å². The summed E-state index contributed by atoms with van der Waals surface area (Å²) in [6, 6.07) is 6.49. The van der Waals surface area contributed by atoms with E-state index in [1.165, 1.54) is 10.6 Å². The summed E-state index contributed by atoms with van der Waals surface area (Å²) in [7, 11) is 0. The molecule has 0 fully saturated rings. The van der Waals surface area contributed by atoms with Crippen molar-refractivity contribution in [1.29, 1.82) is 0 Å². The van der Waals surface area contributed by atoms with Gasteiger partial charge in [0.1, 0.15) is 18.1 Å². The third-order valence-corrected chi connectivity index (χ3v) is 3.30. The zero-order valence-electron chi connectivity index (χ0n) is 11.2. The molecule has 5 nitrogen and oxygen atoms in total. The quantitative estimate of drug-likeness (QED) is 0.930. The minimum atomic E-state index is -0.244. The molecule has 6 heteroatoms. The van der Waals surface area contributed by atoms with Crippen LogP contribution in [0.1, 0.15) is 24.5 Å². The van der Waals surface area contributed by atoms with Crippen molar-refractivity contribution in [2.75, 3.05) is 0 Å². The Labute approximate surface area is 124 Å². The first-order chi connectivity index (χ1) is 9.45. The number of hydrogen-bond donors (Lipinski definition) is 1. The zero-order chi connectivity index (χ0) is 14.7. The highest BCUT2D eigenvalue weighted by Crippen LogP contribution is 2.15. The molecule has 106 valence electrons. The van der Waals surface area contributed by atoms with Crippen LogP contribution in [0.2, 0.25) is 0 Å². The van der Waals surface area contributed by atoms with Crippen molar-refractivity contribution in [3.8, 4) is 0 Å². The van der Waals surface area contributed by atoms with E-state index >= 15 is 0 Å².